The molecule has 1 rings (SSSR count). The van der Waals surface area contributed by atoms with Gasteiger partial charge in [-0.25, -0.2) is 0 Å². The lowest BCUT2D eigenvalue weighted by Crippen LogP contribution is -2.24. The zero-order chi connectivity index (χ0) is 13.5. The molecule has 1 aromatic rings. The Morgan fingerprint density at radius 2 is 2.22 bits per heavy atom. The summed E-state index contributed by atoms with van der Waals surface area (Å²) >= 11 is 0. The highest BCUT2D eigenvalue weighted by molar-refractivity contribution is 5.68. The number of hydrogen-bond donors (Lipinski definition) is 2. The highest BCUT2D eigenvalue weighted by atomic mass is 16.5. The van der Waals surface area contributed by atoms with Crippen molar-refractivity contribution >= 4 is 5.97 Å². The van der Waals surface area contributed by atoms with Gasteiger partial charge in [0.25, 0.3) is 0 Å². The molecule has 0 radical (unpaired) electrons. The molecule has 1 aromatic carbocycles. The Morgan fingerprint density at radius 1 is 1.50 bits per heavy atom. The Morgan fingerprint density at radius 3 is 2.72 bits per heavy atom. The van der Waals surface area contributed by atoms with Crippen LogP contribution in [0, 0.1) is 6.92 Å². The Kier molecular flexibility index (Phi) is 5.65. The van der Waals surface area contributed by atoms with Crippen LogP contribution in [0.25, 0.3) is 0 Å². The van der Waals surface area contributed by atoms with E-state index in [1.807, 2.05) is 25.1 Å². The molecule has 0 aliphatic heterocycles. The molecule has 4 nitrogen and oxygen atoms in total. The van der Waals surface area contributed by atoms with Gasteiger partial charge in [-0.05, 0) is 37.1 Å². The van der Waals surface area contributed by atoms with Gasteiger partial charge >= 0.3 is 5.97 Å². The topological polar surface area (TPSA) is 58.6 Å². The molecule has 100 valence electrons. The fourth-order valence-corrected chi connectivity index (χ4v) is 1.92. The summed E-state index contributed by atoms with van der Waals surface area (Å²) in [6.45, 7) is 4.83. The van der Waals surface area contributed by atoms with Crippen LogP contribution < -0.4 is 10.1 Å². The number of nitrogens with one attached hydrogen (secondary N) is 1. The average molecular weight is 251 g/mol. The average Bonchev–Trinajstić information content (AvgIpc) is 2.34. The van der Waals surface area contributed by atoms with Crippen LogP contribution in [0.1, 0.15) is 36.9 Å². The number of benzene rings is 1. The third-order valence-corrected chi connectivity index (χ3v) is 2.84. The lowest BCUT2D eigenvalue weighted by Gasteiger charge is -2.18. The summed E-state index contributed by atoms with van der Waals surface area (Å²) in [6.07, 6.45) is 1.07. The minimum Gasteiger partial charge on any atom is -0.496 e. The molecule has 0 bridgehead atoms. The maximum absolute atomic E-state index is 10.9. The predicted molar refractivity (Wildman–Crippen MR) is 71.0 cm³/mol. The summed E-state index contributed by atoms with van der Waals surface area (Å²) in [7, 11) is 1.63. The molecule has 2 N–H and O–H groups in total. The molecule has 18 heavy (non-hydrogen) atoms. The van der Waals surface area contributed by atoms with Gasteiger partial charge in [0.05, 0.1) is 13.5 Å². The quantitative estimate of drug-likeness (QED) is 0.781. The SMILES string of the molecule is CCCNC(CC(=O)O)c1ccc(OC)c(C)c1. The summed E-state index contributed by atoms with van der Waals surface area (Å²) in [5.41, 5.74) is 2.01. The van der Waals surface area contributed by atoms with Crippen molar-refractivity contribution in [2.24, 2.45) is 0 Å². The number of aliphatic carboxylic acids is 1. The number of aryl methyl sites for hydroxylation is 1. The molecular formula is C14H21NO3. The van der Waals surface area contributed by atoms with Crippen molar-refractivity contribution in [3.63, 3.8) is 0 Å². The van der Waals surface area contributed by atoms with Gasteiger partial charge in [0.2, 0.25) is 0 Å². The molecule has 0 aliphatic carbocycles. The second-order valence-electron chi connectivity index (χ2n) is 4.33. The van der Waals surface area contributed by atoms with E-state index in [4.69, 9.17) is 9.84 Å². The van der Waals surface area contributed by atoms with Crippen LogP contribution in [-0.2, 0) is 4.79 Å². The zero-order valence-corrected chi connectivity index (χ0v) is 11.2. The summed E-state index contributed by atoms with van der Waals surface area (Å²) < 4.78 is 5.21. The molecule has 0 amide bonds. The van der Waals surface area contributed by atoms with Crippen molar-refractivity contribution in [2.45, 2.75) is 32.7 Å². The highest BCUT2D eigenvalue weighted by Gasteiger charge is 2.15. The standard InChI is InChI=1S/C14H21NO3/c1-4-7-15-12(9-14(16)17)11-5-6-13(18-3)10(2)8-11/h5-6,8,12,15H,4,7,9H2,1-3H3,(H,16,17). The first-order chi connectivity index (χ1) is 8.58. The molecule has 0 heterocycles. The Balaban J connectivity index is 2.89. The second kappa shape index (κ2) is 7.01. The zero-order valence-electron chi connectivity index (χ0n) is 11.2. The first-order valence-electron chi connectivity index (χ1n) is 6.18. The van der Waals surface area contributed by atoms with Crippen LogP contribution in [-0.4, -0.2) is 24.7 Å². The van der Waals surface area contributed by atoms with Gasteiger partial charge < -0.3 is 15.2 Å². The van der Waals surface area contributed by atoms with Gasteiger partial charge in [-0.1, -0.05) is 19.1 Å². The van der Waals surface area contributed by atoms with Gasteiger partial charge in [0.1, 0.15) is 5.75 Å². The fourth-order valence-electron chi connectivity index (χ4n) is 1.92. The number of rotatable bonds is 7. The molecule has 1 atom stereocenters. The van der Waals surface area contributed by atoms with Gasteiger partial charge in [-0.15, -0.1) is 0 Å². The van der Waals surface area contributed by atoms with E-state index in [1.165, 1.54) is 0 Å². The molecule has 0 saturated heterocycles. The van der Waals surface area contributed by atoms with Crippen molar-refractivity contribution in [1.29, 1.82) is 0 Å². The van der Waals surface area contributed by atoms with Crippen molar-refractivity contribution in [2.75, 3.05) is 13.7 Å². The van der Waals surface area contributed by atoms with E-state index < -0.39 is 5.97 Å². The fraction of sp³-hybridized carbons (Fsp3) is 0.500. The molecule has 4 heteroatoms. The van der Waals surface area contributed by atoms with E-state index in [0.29, 0.717) is 0 Å². The van der Waals surface area contributed by atoms with E-state index in [0.717, 1.165) is 29.8 Å². The van der Waals surface area contributed by atoms with E-state index in [2.05, 4.69) is 12.2 Å². The third kappa shape index (κ3) is 4.04. The van der Waals surface area contributed by atoms with Gasteiger partial charge in [-0.3, -0.25) is 4.79 Å². The molecule has 0 spiro atoms. The summed E-state index contributed by atoms with van der Waals surface area (Å²) in [4.78, 5) is 10.9. The van der Waals surface area contributed by atoms with Crippen LogP contribution in [0.2, 0.25) is 0 Å². The van der Waals surface area contributed by atoms with E-state index in [-0.39, 0.29) is 12.5 Å². The molecule has 1 unspecified atom stereocenters. The van der Waals surface area contributed by atoms with Crippen molar-refractivity contribution in [3.05, 3.63) is 29.3 Å². The van der Waals surface area contributed by atoms with Crippen LogP contribution in [0.3, 0.4) is 0 Å². The van der Waals surface area contributed by atoms with Crippen molar-refractivity contribution < 1.29 is 14.6 Å². The largest absolute Gasteiger partial charge is 0.496 e. The summed E-state index contributed by atoms with van der Waals surface area (Å²) in [5.74, 6) is 0.0281. The maximum Gasteiger partial charge on any atom is 0.305 e. The van der Waals surface area contributed by atoms with Crippen molar-refractivity contribution in [3.8, 4) is 5.75 Å². The number of hydrogen-bond acceptors (Lipinski definition) is 3. The van der Waals surface area contributed by atoms with E-state index in [9.17, 15) is 4.79 Å². The number of carboxylic acids is 1. The Labute approximate surface area is 108 Å². The van der Waals surface area contributed by atoms with E-state index in [1.54, 1.807) is 7.11 Å². The van der Waals surface area contributed by atoms with Crippen LogP contribution in [0.5, 0.6) is 5.75 Å². The summed E-state index contributed by atoms with van der Waals surface area (Å²) in [5, 5.41) is 12.2. The van der Waals surface area contributed by atoms with Crippen LogP contribution in [0.15, 0.2) is 18.2 Å². The van der Waals surface area contributed by atoms with Crippen LogP contribution >= 0.6 is 0 Å². The summed E-state index contributed by atoms with van der Waals surface area (Å²) in [6, 6.07) is 5.64. The minimum absolute atomic E-state index is 0.0891. The Hall–Kier alpha value is -1.55. The number of carboxylic acid groups (broad SMARTS) is 1. The molecular weight excluding hydrogens is 230 g/mol. The number of methoxy groups -OCH3 is 1. The molecule has 0 fully saturated rings. The highest BCUT2D eigenvalue weighted by Crippen LogP contribution is 2.24. The van der Waals surface area contributed by atoms with Gasteiger partial charge in [-0.2, -0.15) is 0 Å². The normalized spacial score (nSPS) is 12.2. The monoisotopic (exact) mass is 251 g/mol. The third-order valence-electron chi connectivity index (χ3n) is 2.84. The van der Waals surface area contributed by atoms with Crippen LogP contribution in [0.4, 0.5) is 0 Å². The first-order valence-corrected chi connectivity index (χ1v) is 6.18. The second-order valence-corrected chi connectivity index (χ2v) is 4.33. The number of ether oxygens (including phenoxy) is 1. The van der Waals surface area contributed by atoms with Gasteiger partial charge in [0.15, 0.2) is 0 Å². The Bertz CT molecular complexity index is 404. The maximum atomic E-state index is 10.9. The molecule has 0 aliphatic rings. The van der Waals surface area contributed by atoms with Crippen molar-refractivity contribution in [1.82, 2.24) is 5.32 Å². The smallest absolute Gasteiger partial charge is 0.305 e. The lowest BCUT2D eigenvalue weighted by molar-refractivity contribution is -0.137. The minimum atomic E-state index is -0.794. The predicted octanol–water partition coefficient (Wildman–Crippen LogP) is 2.52. The molecule has 0 aromatic heterocycles. The first kappa shape index (κ1) is 14.5. The molecule has 0 saturated carbocycles. The lowest BCUT2D eigenvalue weighted by atomic mass is 10.0. The van der Waals surface area contributed by atoms with Gasteiger partial charge in [0, 0.05) is 6.04 Å². The van der Waals surface area contributed by atoms with E-state index >= 15 is 0 Å². The number of carbonyl (C=O) groups is 1.